The van der Waals surface area contributed by atoms with Crippen molar-refractivity contribution < 1.29 is 4.79 Å². The van der Waals surface area contributed by atoms with E-state index in [-0.39, 0.29) is 5.91 Å². The first-order chi connectivity index (χ1) is 12.1. The molecule has 0 aromatic carbocycles. The van der Waals surface area contributed by atoms with Gasteiger partial charge >= 0.3 is 0 Å². The van der Waals surface area contributed by atoms with Crippen molar-refractivity contribution in [2.24, 2.45) is 0 Å². The first-order valence-corrected chi connectivity index (χ1v) is 9.33. The van der Waals surface area contributed by atoms with Crippen molar-refractivity contribution in [3.8, 4) is 0 Å². The van der Waals surface area contributed by atoms with Gasteiger partial charge in [0.05, 0.1) is 11.7 Å². The Hall–Kier alpha value is -2.08. The molecule has 6 nitrogen and oxygen atoms in total. The van der Waals surface area contributed by atoms with Crippen molar-refractivity contribution in [2.75, 3.05) is 20.6 Å². The Bertz CT molecular complexity index is 736. The molecule has 0 spiro atoms. The van der Waals surface area contributed by atoms with Gasteiger partial charge in [-0.25, -0.2) is 4.98 Å². The molecule has 1 aliphatic heterocycles. The summed E-state index contributed by atoms with van der Waals surface area (Å²) in [6, 6.07) is 4.27. The number of amides is 1. The second-order valence-electron chi connectivity index (χ2n) is 7.48. The van der Waals surface area contributed by atoms with Gasteiger partial charge in [0.2, 0.25) is 0 Å². The smallest absolute Gasteiger partial charge is 0.269 e. The van der Waals surface area contributed by atoms with Crippen LogP contribution < -0.4 is 0 Å². The molecular weight excluding hydrogens is 314 g/mol. The fourth-order valence-electron chi connectivity index (χ4n) is 4.08. The van der Waals surface area contributed by atoms with Gasteiger partial charge < -0.3 is 14.9 Å². The third-order valence-electron chi connectivity index (χ3n) is 5.41. The van der Waals surface area contributed by atoms with Crippen LogP contribution in [0.2, 0.25) is 0 Å². The van der Waals surface area contributed by atoms with Crippen LogP contribution in [0.1, 0.15) is 65.1 Å². The molecule has 0 bridgehead atoms. The second kappa shape index (κ2) is 6.67. The predicted octanol–water partition coefficient (Wildman–Crippen LogP) is 2.66. The summed E-state index contributed by atoms with van der Waals surface area (Å²) in [5, 5.41) is 0. The van der Waals surface area contributed by atoms with Gasteiger partial charge in [0, 0.05) is 32.0 Å². The van der Waals surface area contributed by atoms with Crippen molar-refractivity contribution in [1.82, 2.24) is 24.8 Å². The van der Waals surface area contributed by atoms with E-state index >= 15 is 0 Å². The lowest BCUT2D eigenvalue weighted by atomic mass is 10.0. The van der Waals surface area contributed by atoms with Gasteiger partial charge in [-0.2, -0.15) is 0 Å². The highest BCUT2D eigenvalue weighted by Crippen LogP contribution is 2.33. The van der Waals surface area contributed by atoms with E-state index in [0.29, 0.717) is 11.7 Å². The number of imidazole rings is 1. The van der Waals surface area contributed by atoms with Crippen LogP contribution in [0.3, 0.4) is 0 Å². The molecule has 3 heterocycles. The van der Waals surface area contributed by atoms with Crippen LogP contribution in [0.25, 0.3) is 0 Å². The number of carbonyl (C=O) groups excluding carboxylic acids is 1. The molecule has 2 aromatic heterocycles. The van der Waals surface area contributed by atoms with E-state index in [1.165, 1.54) is 30.7 Å². The number of nitrogens with zero attached hydrogens (tertiary/aromatic N) is 3. The van der Waals surface area contributed by atoms with E-state index < -0.39 is 0 Å². The molecule has 1 aliphatic carbocycles. The third-order valence-corrected chi connectivity index (χ3v) is 5.41. The predicted molar refractivity (Wildman–Crippen MR) is 96.4 cm³/mol. The third kappa shape index (κ3) is 3.23. The number of hydrogen-bond acceptors (Lipinski definition) is 3. The minimum Gasteiger partial charge on any atom is -0.353 e. The average Bonchev–Trinajstić information content (AvgIpc) is 3.33. The summed E-state index contributed by atoms with van der Waals surface area (Å²) < 4.78 is 0. The lowest BCUT2D eigenvalue weighted by Crippen LogP contribution is -2.24. The number of aryl methyl sites for hydroxylation is 2. The monoisotopic (exact) mass is 341 g/mol. The molecule has 1 amide bonds. The van der Waals surface area contributed by atoms with Crippen LogP contribution in [-0.4, -0.2) is 51.3 Å². The Morgan fingerprint density at radius 1 is 1.24 bits per heavy atom. The topological polar surface area (TPSA) is 68.0 Å². The number of hydrogen-bond donors (Lipinski definition) is 2. The molecule has 4 rings (SSSR count). The van der Waals surface area contributed by atoms with Crippen LogP contribution in [0.4, 0.5) is 0 Å². The maximum Gasteiger partial charge on any atom is 0.269 e. The molecule has 0 unspecified atom stereocenters. The molecule has 6 heteroatoms. The Kier molecular flexibility index (Phi) is 4.37. The highest BCUT2D eigenvalue weighted by molar-refractivity contribution is 5.92. The molecule has 1 saturated heterocycles. The number of rotatable bonds is 4. The van der Waals surface area contributed by atoms with Gasteiger partial charge in [0.25, 0.3) is 5.91 Å². The minimum atomic E-state index is 0.0166. The number of nitrogens with one attached hydrogen (secondary N) is 2. The van der Waals surface area contributed by atoms with E-state index in [9.17, 15) is 4.79 Å². The van der Waals surface area contributed by atoms with Crippen LogP contribution >= 0.6 is 0 Å². The zero-order valence-electron chi connectivity index (χ0n) is 15.1. The fraction of sp³-hybridized carbons (Fsp3) is 0.579. The molecule has 1 fully saturated rings. The second-order valence-corrected chi connectivity index (χ2v) is 7.48. The average molecular weight is 341 g/mol. The molecule has 0 saturated carbocycles. The van der Waals surface area contributed by atoms with Crippen molar-refractivity contribution in [3.05, 3.63) is 40.7 Å². The van der Waals surface area contributed by atoms with Crippen LogP contribution in [-0.2, 0) is 19.4 Å². The van der Waals surface area contributed by atoms with E-state index in [1.54, 1.807) is 19.0 Å². The quantitative estimate of drug-likeness (QED) is 0.898. The van der Waals surface area contributed by atoms with E-state index in [0.717, 1.165) is 43.9 Å². The molecule has 1 atom stereocenters. The molecule has 25 heavy (non-hydrogen) atoms. The van der Waals surface area contributed by atoms with Gasteiger partial charge in [-0.3, -0.25) is 9.69 Å². The van der Waals surface area contributed by atoms with Gasteiger partial charge in [0.15, 0.2) is 0 Å². The summed E-state index contributed by atoms with van der Waals surface area (Å²) >= 11 is 0. The van der Waals surface area contributed by atoms with Crippen LogP contribution in [0.15, 0.2) is 12.1 Å². The number of fused-ring (bicyclic) bond motifs is 1. The Morgan fingerprint density at radius 2 is 2.08 bits per heavy atom. The lowest BCUT2D eigenvalue weighted by molar-refractivity contribution is 0.0822. The number of H-pyrrole nitrogens is 2. The first kappa shape index (κ1) is 16.4. The summed E-state index contributed by atoms with van der Waals surface area (Å²) in [5.41, 5.74) is 4.39. The maximum atomic E-state index is 12.1. The molecular formula is C19H27N5O. The normalized spacial score (nSPS) is 20.6. The molecule has 2 aromatic rings. The van der Waals surface area contributed by atoms with Crippen molar-refractivity contribution in [3.63, 3.8) is 0 Å². The maximum absolute atomic E-state index is 12.1. The minimum absolute atomic E-state index is 0.0166. The van der Waals surface area contributed by atoms with E-state index in [2.05, 4.69) is 14.9 Å². The Labute approximate surface area is 148 Å². The first-order valence-electron chi connectivity index (χ1n) is 9.33. The van der Waals surface area contributed by atoms with Crippen LogP contribution in [0.5, 0.6) is 0 Å². The summed E-state index contributed by atoms with van der Waals surface area (Å²) in [6.07, 6.45) is 7.13. The molecule has 0 radical (unpaired) electrons. The standard InChI is InChI=1S/C19H27N5O/c1-23(2)19(25)16-10-9-13(20-16)12-24-11-5-8-17(24)18-21-14-6-3-4-7-15(14)22-18/h9-10,17,20H,3-8,11-12H2,1-2H3,(H,21,22)/t17-/m1/s1. The lowest BCUT2D eigenvalue weighted by Gasteiger charge is -2.22. The van der Waals surface area contributed by atoms with Gasteiger partial charge in [-0.15, -0.1) is 0 Å². The van der Waals surface area contributed by atoms with E-state index in [1.807, 2.05) is 12.1 Å². The molecule has 134 valence electrons. The summed E-state index contributed by atoms with van der Waals surface area (Å²) in [5.74, 6) is 1.16. The zero-order valence-corrected chi connectivity index (χ0v) is 15.1. The van der Waals surface area contributed by atoms with Gasteiger partial charge in [0.1, 0.15) is 11.5 Å². The van der Waals surface area contributed by atoms with Crippen molar-refractivity contribution >= 4 is 5.91 Å². The fourth-order valence-corrected chi connectivity index (χ4v) is 4.08. The SMILES string of the molecule is CN(C)C(=O)c1ccc(CN2CCC[C@@H]2c2nc3c([nH]2)CCCC3)[nH]1. The Morgan fingerprint density at radius 3 is 2.88 bits per heavy atom. The van der Waals surface area contributed by atoms with Gasteiger partial charge in [-0.1, -0.05) is 0 Å². The largest absolute Gasteiger partial charge is 0.353 e. The number of carbonyl (C=O) groups is 1. The Balaban J connectivity index is 1.48. The van der Waals surface area contributed by atoms with Crippen LogP contribution in [0, 0.1) is 0 Å². The number of likely N-dealkylation sites (tertiary alicyclic amines) is 1. The zero-order chi connectivity index (χ0) is 17.4. The summed E-state index contributed by atoms with van der Waals surface area (Å²) in [6.45, 7) is 1.91. The van der Waals surface area contributed by atoms with Crippen molar-refractivity contribution in [2.45, 2.75) is 51.1 Å². The summed E-state index contributed by atoms with van der Waals surface area (Å²) in [4.78, 5) is 27.9. The molecule has 2 aliphatic rings. The highest BCUT2D eigenvalue weighted by atomic mass is 16.2. The number of aromatic amines is 2. The van der Waals surface area contributed by atoms with Gasteiger partial charge in [-0.05, 0) is 57.2 Å². The van der Waals surface area contributed by atoms with E-state index in [4.69, 9.17) is 4.98 Å². The highest BCUT2D eigenvalue weighted by Gasteiger charge is 2.30. The van der Waals surface area contributed by atoms with Crippen molar-refractivity contribution in [1.29, 1.82) is 0 Å². The molecule has 2 N–H and O–H groups in total. The number of aromatic nitrogens is 3. The summed E-state index contributed by atoms with van der Waals surface area (Å²) in [7, 11) is 3.55.